The van der Waals surface area contributed by atoms with Crippen LogP contribution in [0.2, 0.25) is 5.02 Å². The van der Waals surface area contributed by atoms with Gasteiger partial charge in [-0.3, -0.25) is 9.59 Å². The van der Waals surface area contributed by atoms with Crippen LogP contribution in [-0.4, -0.2) is 24.9 Å². The molecule has 0 aliphatic carbocycles. The van der Waals surface area contributed by atoms with Gasteiger partial charge in [-0.25, -0.2) is 4.39 Å². The fourth-order valence-electron chi connectivity index (χ4n) is 2.41. The molecule has 0 saturated carbocycles. The third-order valence-electron chi connectivity index (χ3n) is 3.77. The van der Waals surface area contributed by atoms with E-state index in [0.29, 0.717) is 22.0 Å². The Morgan fingerprint density at radius 3 is 2.26 bits per heavy atom. The van der Waals surface area contributed by atoms with E-state index in [2.05, 4.69) is 10.6 Å². The van der Waals surface area contributed by atoms with Crippen LogP contribution in [0.25, 0.3) is 10.4 Å². The molecule has 4 nitrogen and oxygen atoms in total. The van der Waals surface area contributed by atoms with Crippen molar-refractivity contribution in [3.05, 3.63) is 81.9 Å². The second kappa shape index (κ2) is 8.79. The standard InChI is InChI=1S/C20H16ClFN2O2S/c21-16-4-2-1-3-15(16)19(25)23-11-12-24-20(26)18-10-9-17(27-18)13-5-7-14(22)8-6-13/h1-10H,11-12H2,(H,23,25)(H,24,26). The molecule has 7 heteroatoms. The molecule has 0 bridgehead atoms. The fraction of sp³-hybridized carbons (Fsp3) is 0.100. The van der Waals surface area contributed by atoms with E-state index in [1.165, 1.54) is 23.5 Å². The smallest absolute Gasteiger partial charge is 0.261 e. The Kier molecular flexibility index (Phi) is 6.21. The molecule has 1 aromatic heterocycles. The molecule has 2 N–H and O–H groups in total. The SMILES string of the molecule is O=C(NCCNC(=O)c1ccccc1Cl)c1ccc(-c2ccc(F)cc2)s1. The summed E-state index contributed by atoms with van der Waals surface area (Å²) in [5, 5.41) is 5.85. The molecule has 2 aromatic carbocycles. The van der Waals surface area contributed by atoms with Crippen LogP contribution < -0.4 is 10.6 Å². The Morgan fingerprint density at radius 1 is 0.889 bits per heavy atom. The summed E-state index contributed by atoms with van der Waals surface area (Å²) in [6.45, 7) is 0.574. The Balaban J connectivity index is 1.49. The van der Waals surface area contributed by atoms with Crippen molar-refractivity contribution in [3.63, 3.8) is 0 Å². The maximum atomic E-state index is 13.0. The van der Waals surface area contributed by atoms with Gasteiger partial charge in [0.25, 0.3) is 11.8 Å². The summed E-state index contributed by atoms with van der Waals surface area (Å²) in [4.78, 5) is 25.7. The summed E-state index contributed by atoms with van der Waals surface area (Å²) in [5.41, 5.74) is 1.25. The van der Waals surface area contributed by atoms with Crippen LogP contribution >= 0.6 is 22.9 Å². The number of thiophene rings is 1. The summed E-state index contributed by atoms with van der Waals surface area (Å²) in [6, 6.07) is 16.4. The zero-order valence-electron chi connectivity index (χ0n) is 14.2. The third kappa shape index (κ3) is 4.93. The van der Waals surface area contributed by atoms with E-state index in [-0.39, 0.29) is 24.2 Å². The highest BCUT2D eigenvalue weighted by molar-refractivity contribution is 7.17. The number of carbonyl (C=O) groups is 2. The second-order valence-electron chi connectivity index (χ2n) is 5.66. The Bertz CT molecular complexity index is 957. The topological polar surface area (TPSA) is 58.2 Å². The highest BCUT2D eigenvalue weighted by atomic mass is 35.5. The average Bonchev–Trinajstić information content (AvgIpc) is 3.16. The minimum atomic E-state index is -0.299. The van der Waals surface area contributed by atoms with E-state index in [1.54, 1.807) is 42.5 Å². The Hall–Kier alpha value is -2.70. The van der Waals surface area contributed by atoms with Crippen LogP contribution in [0.15, 0.2) is 60.7 Å². The molecular formula is C20H16ClFN2O2S. The van der Waals surface area contributed by atoms with Crippen molar-refractivity contribution in [1.29, 1.82) is 0 Å². The molecule has 27 heavy (non-hydrogen) atoms. The number of rotatable bonds is 6. The van der Waals surface area contributed by atoms with Gasteiger partial charge in [0.15, 0.2) is 0 Å². The lowest BCUT2D eigenvalue weighted by Crippen LogP contribution is -2.34. The van der Waals surface area contributed by atoms with Crippen LogP contribution in [0.1, 0.15) is 20.0 Å². The average molecular weight is 403 g/mol. The lowest BCUT2D eigenvalue weighted by Gasteiger charge is -2.07. The molecule has 0 saturated heterocycles. The number of nitrogens with one attached hydrogen (secondary N) is 2. The monoisotopic (exact) mass is 402 g/mol. The highest BCUT2D eigenvalue weighted by Crippen LogP contribution is 2.28. The molecule has 0 spiro atoms. The molecule has 0 fully saturated rings. The predicted octanol–water partition coefficient (Wildman–Crippen LogP) is 4.37. The minimum absolute atomic E-state index is 0.222. The minimum Gasteiger partial charge on any atom is -0.350 e. The van der Waals surface area contributed by atoms with Crippen LogP contribution in [-0.2, 0) is 0 Å². The second-order valence-corrected chi connectivity index (χ2v) is 7.15. The molecule has 138 valence electrons. The van der Waals surface area contributed by atoms with Crippen LogP contribution in [0.4, 0.5) is 4.39 Å². The van der Waals surface area contributed by atoms with Gasteiger partial charge in [-0.15, -0.1) is 11.3 Å². The van der Waals surface area contributed by atoms with Gasteiger partial charge in [0, 0.05) is 18.0 Å². The highest BCUT2D eigenvalue weighted by Gasteiger charge is 2.11. The molecule has 1 heterocycles. The van der Waals surface area contributed by atoms with E-state index < -0.39 is 0 Å². The number of amides is 2. The van der Waals surface area contributed by atoms with Gasteiger partial charge in [0.05, 0.1) is 15.5 Å². The molecule has 0 aliphatic rings. The third-order valence-corrected chi connectivity index (χ3v) is 5.24. The van der Waals surface area contributed by atoms with Crippen molar-refractivity contribution in [3.8, 4) is 10.4 Å². The van der Waals surface area contributed by atoms with E-state index in [1.807, 2.05) is 6.07 Å². The van der Waals surface area contributed by atoms with Crippen LogP contribution in [0.5, 0.6) is 0 Å². The maximum absolute atomic E-state index is 13.0. The van der Waals surface area contributed by atoms with E-state index in [0.717, 1.165) is 10.4 Å². The Labute approximate surface area is 165 Å². The maximum Gasteiger partial charge on any atom is 0.261 e. The van der Waals surface area contributed by atoms with Gasteiger partial charge in [-0.2, -0.15) is 0 Å². The number of carbonyl (C=O) groups excluding carboxylic acids is 2. The molecule has 0 aliphatic heterocycles. The quantitative estimate of drug-likeness (QED) is 0.601. The van der Waals surface area contributed by atoms with Gasteiger partial charge in [0.1, 0.15) is 5.82 Å². The summed E-state index contributed by atoms with van der Waals surface area (Å²) in [5.74, 6) is -0.808. The van der Waals surface area contributed by atoms with Gasteiger partial charge in [-0.1, -0.05) is 35.9 Å². The fourth-order valence-corrected chi connectivity index (χ4v) is 3.56. The molecule has 3 rings (SSSR count). The summed E-state index contributed by atoms with van der Waals surface area (Å²) in [7, 11) is 0. The normalized spacial score (nSPS) is 10.4. The zero-order chi connectivity index (χ0) is 19.2. The summed E-state index contributed by atoms with van der Waals surface area (Å²) < 4.78 is 13.0. The van der Waals surface area contributed by atoms with Crippen molar-refractivity contribution in [1.82, 2.24) is 10.6 Å². The van der Waals surface area contributed by atoms with Crippen molar-refractivity contribution in [2.24, 2.45) is 0 Å². The van der Waals surface area contributed by atoms with Crippen LogP contribution in [0.3, 0.4) is 0 Å². The first-order valence-electron chi connectivity index (χ1n) is 8.21. The van der Waals surface area contributed by atoms with Crippen molar-refractivity contribution in [2.45, 2.75) is 0 Å². The van der Waals surface area contributed by atoms with Gasteiger partial charge < -0.3 is 10.6 Å². The molecule has 2 amide bonds. The van der Waals surface area contributed by atoms with Gasteiger partial charge in [-0.05, 0) is 42.0 Å². The number of hydrogen-bond donors (Lipinski definition) is 2. The molecule has 0 atom stereocenters. The summed E-state index contributed by atoms with van der Waals surface area (Å²) in [6.07, 6.45) is 0. The van der Waals surface area contributed by atoms with E-state index in [9.17, 15) is 14.0 Å². The summed E-state index contributed by atoms with van der Waals surface area (Å²) >= 11 is 7.30. The largest absolute Gasteiger partial charge is 0.350 e. The first kappa shape index (κ1) is 19.1. The number of hydrogen-bond acceptors (Lipinski definition) is 3. The van der Waals surface area contributed by atoms with E-state index in [4.69, 9.17) is 11.6 Å². The van der Waals surface area contributed by atoms with Crippen molar-refractivity contribution in [2.75, 3.05) is 13.1 Å². The molecule has 0 unspecified atom stereocenters. The van der Waals surface area contributed by atoms with Gasteiger partial charge in [0.2, 0.25) is 0 Å². The lowest BCUT2D eigenvalue weighted by atomic mass is 10.2. The molecule has 3 aromatic rings. The Morgan fingerprint density at radius 2 is 1.56 bits per heavy atom. The predicted molar refractivity (Wildman–Crippen MR) is 106 cm³/mol. The first-order chi connectivity index (χ1) is 13.0. The molecular weight excluding hydrogens is 387 g/mol. The lowest BCUT2D eigenvalue weighted by molar-refractivity contribution is 0.0929. The van der Waals surface area contributed by atoms with Crippen molar-refractivity contribution >= 4 is 34.8 Å². The van der Waals surface area contributed by atoms with E-state index >= 15 is 0 Å². The number of halogens is 2. The van der Waals surface area contributed by atoms with Gasteiger partial charge >= 0.3 is 0 Å². The van der Waals surface area contributed by atoms with Crippen molar-refractivity contribution < 1.29 is 14.0 Å². The number of benzene rings is 2. The zero-order valence-corrected chi connectivity index (χ0v) is 15.7. The molecule has 0 radical (unpaired) electrons. The van der Waals surface area contributed by atoms with Crippen LogP contribution in [0, 0.1) is 5.82 Å². The first-order valence-corrected chi connectivity index (χ1v) is 9.41.